The highest BCUT2D eigenvalue weighted by molar-refractivity contribution is 7.99. The van der Waals surface area contributed by atoms with E-state index in [4.69, 9.17) is 0 Å². The van der Waals surface area contributed by atoms with Gasteiger partial charge in [0.15, 0.2) is 12.1 Å². The predicted octanol–water partition coefficient (Wildman–Crippen LogP) is 2.09. The molecule has 0 atom stereocenters. The zero-order valence-corrected chi connectivity index (χ0v) is 10.9. The van der Waals surface area contributed by atoms with Crippen LogP contribution in [0.15, 0.2) is 24.4 Å². The summed E-state index contributed by atoms with van der Waals surface area (Å²) in [5.74, 6) is 3.13. The van der Waals surface area contributed by atoms with Crippen molar-refractivity contribution in [2.45, 2.75) is 6.42 Å². The first-order chi connectivity index (χ1) is 8.90. The van der Waals surface area contributed by atoms with E-state index >= 15 is 0 Å². The van der Waals surface area contributed by atoms with Gasteiger partial charge >= 0.3 is 0 Å². The lowest BCUT2D eigenvalue weighted by molar-refractivity contribution is 0.111. The lowest BCUT2D eigenvalue weighted by Crippen LogP contribution is -2.26. The van der Waals surface area contributed by atoms with Gasteiger partial charge in [0.1, 0.15) is 11.3 Å². The minimum absolute atomic E-state index is 0.664. The Balaban J connectivity index is 2.06. The first-order valence-electron chi connectivity index (χ1n) is 6.15. The number of hydrogen-bond donors (Lipinski definition) is 0. The summed E-state index contributed by atoms with van der Waals surface area (Å²) in [6, 6.07) is 5.80. The van der Waals surface area contributed by atoms with Crippen molar-refractivity contribution in [2.75, 3.05) is 29.5 Å². The van der Waals surface area contributed by atoms with Crippen LogP contribution in [0.5, 0.6) is 0 Å². The molecule has 0 bridgehead atoms. The average molecular weight is 261 g/mol. The van der Waals surface area contributed by atoms with E-state index in [0.29, 0.717) is 5.69 Å². The number of rotatable bonds is 2. The Labute approximate surface area is 110 Å². The van der Waals surface area contributed by atoms with Crippen LogP contribution in [0.25, 0.3) is 5.65 Å². The van der Waals surface area contributed by atoms with Gasteiger partial charge in [0.25, 0.3) is 0 Å². The van der Waals surface area contributed by atoms with E-state index in [-0.39, 0.29) is 0 Å². The highest BCUT2D eigenvalue weighted by Crippen LogP contribution is 2.23. The maximum absolute atomic E-state index is 11.3. The maximum Gasteiger partial charge on any atom is 0.170 e. The second-order valence-electron chi connectivity index (χ2n) is 4.32. The van der Waals surface area contributed by atoms with Crippen molar-refractivity contribution in [2.24, 2.45) is 0 Å². The fourth-order valence-corrected chi connectivity index (χ4v) is 3.19. The molecule has 1 aliphatic heterocycles. The van der Waals surface area contributed by atoms with Crippen LogP contribution >= 0.6 is 11.8 Å². The summed E-state index contributed by atoms with van der Waals surface area (Å²) in [6.07, 6.45) is 3.95. The zero-order valence-electron chi connectivity index (χ0n) is 10.1. The molecule has 0 aliphatic carbocycles. The Morgan fingerprint density at radius 2 is 2.22 bits per heavy atom. The number of anilines is 1. The highest BCUT2D eigenvalue weighted by atomic mass is 32.2. The van der Waals surface area contributed by atoms with Crippen LogP contribution in [0.2, 0.25) is 0 Å². The Hall–Kier alpha value is -1.49. The SMILES string of the molecule is O=Cc1c(N2CCCSCC2)nc2ccccn12. The summed E-state index contributed by atoms with van der Waals surface area (Å²) in [5.41, 5.74) is 1.50. The molecule has 1 saturated heterocycles. The number of aromatic nitrogens is 2. The van der Waals surface area contributed by atoms with Crippen LogP contribution in [-0.2, 0) is 0 Å². The first kappa shape index (κ1) is 11.6. The van der Waals surface area contributed by atoms with Crippen LogP contribution in [0.3, 0.4) is 0 Å². The molecule has 0 aromatic carbocycles. The standard InChI is InChI=1S/C13H15N3OS/c17-10-11-13(15-5-3-8-18-9-7-15)14-12-4-1-2-6-16(11)12/h1-2,4,6,10H,3,5,7-9H2. The molecule has 4 nitrogen and oxygen atoms in total. The molecule has 0 spiro atoms. The van der Waals surface area contributed by atoms with Crippen LogP contribution < -0.4 is 4.90 Å². The van der Waals surface area contributed by atoms with Gasteiger partial charge < -0.3 is 4.90 Å². The summed E-state index contributed by atoms with van der Waals surface area (Å²) in [7, 11) is 0. The Morgan fingerprint density at radius 3 is 3.11 bits per heavy atom. The number of imidazole rings is 1. The van der Waals surface area contributed by atoms with E-state index in [1.807, 2.05) is 40.6 Å². The number of thioether (sulfide) groups is 1. The van der Waals surface area contributed by atoms with E-state index in [0.717, 1.165) is 43.0 Å². The van der Waals surface area contributed by atoms with Crippen molar-refractivity contribution in [3.63, 3.8) is 0 Å². The molecule has 1 fully saturated rings. The van der Waals surface area contributed by atoms with Gasteiger partial charge in [-0.25, -0.2) is 4.98 Å². The zero-order chi connectivity index (χ0) is 12.4. The van der Waals surface area contributed by atoms with Gasteiger partial charge in [-0.2, -0.15) is 11.8 Å². The third kappa shape index (κ3) is 1.99. The first-order valence-corrected chi connectivity index (χ1v) is 7.30. The summed E-state index contributed by atoms with van der Waals surface area (Å²) in [5, 5.41) is 0. The molecular weight excluding hydrogens is 246 g/mol. The molecule has 0 radical (unpaired) electrons. The minimum atomic E-state index is 0.664. The van der Waals surface area contributed by atoms with Crippen LogP contribution in [-0.4, -0.2) is 40.3 Å². The number of nitrogens with zero attached hydrogens (tertiary/aromatic N) is 3. The third-order valence-corrected chi connectivity index (χ3v) is 4.23. The summed E-state index contributed by atoms with van der Waals surface area (Å²) in [4.78, 5) is 18.2. The molecule has 3 rings (SSSR count). The predicted molar refractivity (Wildman–Crippen MR) is 74.7 cm³/mol. The third-order valence-electron chi connectivity index (χ3n) is 3.18. The fraction of sp³-hybridized carbons (Fsp3) is 0.385. The van der Waals surface area contributed by atoms with Gasteiger partial charge in [-0.15, -0.1) is 0 Å². The van der Waals surface area contributed by atoms with Gasteiger partial charge in [-0.1, -0.05) is 6.07 Å². The molecular formula is C13H15N3OS. The summed E-state index contributed by atoms with van der Waals surface area (Å²) >= 11 is 1.97. The normalized spacial score (nSPS) is 16.8. The Kier molecular flexibility index (Phi) is 3.23. The highest BCUT2D eigenvalue weighted by Gasteiger charge is 2.18. The topological polar surface area (TPSA) is 37.6 Å². The Morgan fingerprint density at radius 1 is 1.28 bits per heavy atom. The number of carbonyl (C=O) groups is 1. The molecule has 0 N–H and O–H groups in total. The van der Waals surface area contributed by atoms with Crippen molar-refractivity contribution in [3.05, 3.63) is 30.1 Å². The van der Waals surface area contributed by atoms with Crippen LogP contribution in [0.1, 0.15) is 16.9 Å². The van der Waals surface area contributed by atoms with E-state index in [1.165, 1.54) is 5.75 Å². The largest absolute Gasteiger partial charge is 0.354 e. The molecule has 5 heteroatoms. The number of hydrogen-bond acceptors (Lipinski definition) is 4. The Bertz CT molecular complexity index is 558. The summed E-state index contributed by atoms with van der Waals surface area (Å²) < 4.78 is 1.86. The van der Waals surface area contributed by atoms with Crippen molar-refractivity contribution in [1.82, 2.24) is 9.38 Å². The lowest BCUT2D eigenvalue weighted by Gasteiger charge is -2.19. The van der Waals surface area contributed by atoms with E-state index in [2.05, 4.69) is 9.88 Å². The van der Waals surface area contributed by atoms with Crippen molar-refractivity contribution in [1.29, 1.82) is 0 Å². The lowest BCUT2D eigenvalue weighted by atomic mass is 10.3. The number of fused-ring (bicyclic) bond motifs is 1. The molecule has 2 aromatic rings. The average Bonchev–Trinajstić information content (AvgIpc) is 2.59. The van der Waals surface area contributed by atoms with E-state index < -0.39 is 0 Å². The van der Waals surface area contributed by atoms with E-state index in [9.17, 15) is 4.79 Å². The van der Waals surface area contributed by atoms with E-state index in [1.54, 1.807) is 0 Å². The number of pyridine rings is 1. The monoisotopic (exact) mass is 261 g/mol. The smallest absolute Gasteiger partial charge is 0.170 e. The molecule has 94 valence electrons. The van der Waals surface area contributed by atoms with Crippen LogP contribution in [0.4, 0.5) is 5.82 Å². The van der Waals surface area contributed by atoms with Gasteiger partial charge in [0.2, 0.25) is 0 Å². The molecule has 2 aromatic heterocycles. The van der Waals surface area contributed by atoms with Crippen molar-refractivity contribution < 1.29 is 4.79 Å². The molecule has 0 saturated carbocycles. The molecule has 0 unspecified atom stereocenters. The fourth-order valence-electron chi connectivity index (χ4n) is 2.30. The minimum Gasteiger partial charge on any atom is -0.354 e. The number of carbonyl (C=O) groups excluding carboxylic acids is 1. The quantitative estimate of drug-likeness (QED) is 0.776. The second kappa shape index (κ2) is 5.02. The molecule has 3 heterocycles. The van der Waals surface area contributed by atoms with Crippen molar-refractivity contribution in [3.8, 4) is 0 Å². The van der Waals surface area contributed by atoms with Gasteiger partial charge in [-0.05, 0) is 24.3 Å². The molecule has 1 aliphatic rings. The van der Waals surface area contributed by atoms with Gasteiger partial charge in [0.05, 0.1) is 0 Å². The molecule has 0 amide bonds. The van der Waals surface area contributed by atoms with Crippen LogP contribution in [0, 0.1) is 0 Å². The molecule has 18 heavy (non-hydrogen) atoms. The van der Waals surface area contributed by atoms with Gasteiger partial charge in [-0.3, -0.25) is 9.20 Å². The maximum atomic E-state index is 11.3. The number of aldehydes is 1. The summed E-state index contributed by atoms with van der Waals surface area (Å²) in [6.45, 7) is 1.95. The van der Waals surface area contributed by atoms with Gasteiger partial charge in [0, 0.05) is 25.0 Å². The van der Waals surface area contributed by atoms with Crippen molar-refractivity contribution >= 4 is 29.5 Å². The second-order valence-corrected chi connectivity index (χ2v) is 5.55.